The van der Waals surface area contributed by atoms with Crippen LogP contribution in [0.1, 0.15) is 59.9 Å². The third kappa shape index (κ3) is 4.20. The molecule has 3 heterocycles. The highest BCUT2D eigenvalue weighted by Gasteiger charge is 2.80. The Bertz CT molecular complexity index is 4010. The highest BCUT2D eigenvalue weighted by molar-refractivity contribution is 7.99. The molecule has 2 nitrogen and oxygen atoms in total. The second kappa shape index (κ2) is 12.7. The van der Waals surface area contributed by atoms with E-state index in [-0.39, 0.29) is 0 Å². The van der Waals surface area contributed by atoms with E-state index in [2.05, 4.69) is 210 Å². The first-order valence-electron chi connectivity index (χ1n) is 24.9. The fourth-order valence-electron chi connectivity index (χ4n) is 16.6. The Morgan fingerprint density at radius 3 is 1.88 bits per heavy atom. The van der Waals surface area contributed by atoms with Crippen molar-refractivity contribution >= 4 is 82.9 Å². The summed E-state index contributed by atoms with van der Waals surface area (Å²) in [6, 6.07) is 77.1. The van der Waals surface area contributed by atoms with Gasteiger partial charge < -0.3 is 9.47 Å². The third-order valence-electron chi connectivity index (χ3n) is 18.8. The number of hydrogen-bond donors (Lipinski definition) is 0. The monoisotopic (exact) mass is 886 g/mol. The molecule has 6 aliphatic rings. The molecule has 10 aromatic carbocycles. The van der Waals surface area contributed by atoms with E-state index in [1.807, 2.05) is 11.8 Å². The molecular weight excluding hydrogens is 841 g/mol. The van der Waals surface area contributed by atoms with Crippen LogP contribution in [0.15, 0.2) is 210 Å². The van der Waals surface area contributed by atoms with Gasteiger partial charge in [-0.3, -0.25) is 0 Å². The predicted octanol–water partition coefficient (Wildman–Crippen LogP) is 17.0. The van der Waals surface area contributed by atoms with Crippen molar-refractivity contribution in [2.24, 2.45) is 23.2 Å². The van der Waals surface area contributed by atoms with Crippen LogP contribution in [0.2, 0.25) is 0 Å². The second-order valence-electron chi connectivity index (χ2n) is 21.2. The van der Waals surface area contributed by atoms with Crippen molar-refractivity contribution in [3.8, 4) is 5.69 Å². The summed E-state index contributed by atoms with van der Waals surface area (Å²) in [4.78, 5) is 5.22. The van der Waals surface area contributed by atoms with Crippen molar-refractivity contribution in [3.63, 3.8) is 0 Å². The van der Waals surface area contributed by atoms with Crippen molar-refractivity contribution in [2.75, 3.05) is 4.90 Å². The first-order valence-corrected chi connectivity index (χ1v) is 25.7. The standard InChI is InChI=1S/C65H46N2S/c1-2-15-47-45(13-1)46-14-3-4-16-48(46)52-35-44(31-32-49(47)52)66(43-29-27-40(28-30-43)63-36-39-33-41-34-42(38-63)64(41,63)37-39)59-25-12-22-56-62(59)68-60-26-10-7-20-54(60)65(56)53-19-6-9-24-58(53)67-57-23-8-5-17-50(57)51-18-11-21-55(65)61(51)67/h1-32,35,39,41-42H,33-34,36-38H2. The second-order valence-corrected chi connectivity index (χ2v) is 22.3. The molecule has 11 aromatic rings. The van der Waals surface area contributed by atoms with Gasteiger partial charge >= 0.3 is 0 Å². The Balaban J connectivity index is 0.943. The molecule has 6 atom stereocenters. The minimum atomic E-state index is -0.567. The number of benzene rings is 10. The van der Waals surface area contributed by atoms with Gasteiger partial charge in [-0.2, -0.15) is 0 Å². The maximum absolute atomic E-state index is 2.61. The highest BCUT2D eigenvalue weighted by Crippen LogP contribution is 2.86. The van der Waals surface area contributed by atoms with E-state index in [4.69, 9.17) is 0 Å². The zero-order valence-electron chi connectivity index (χ0n) is 37.6. The van der Waals surface area contributed by atoms with Crippen LogP contribution in [0.25, 0.3) is 59.8 Å². The molecule has 0 saturated heterocycles. The number of nitrogens with zero attached hydrogens (tertiary/aromatic N) is 2. The zero-order valence-corrected chi connectivity index (χ0v) is 38.4. The van der Waals surface area contributed by atoms with Crippen molar-refractivity contribution in [2.45, 2.75) is 52.7 Å². The highest BCUT2D eigenvalue weighted by atomic mass is 32.2. The van der Waals surface area contributed by atoms with E-state index in [9.17, 15) is 0 Å². The molecule has 2 aliphatic heterocycles. The minimum Gasteiger partial charge on any atom is -0.309 e. The number of rotatable bonds is 4. The maximum atomic E-state index is 2.61. The zero-order chi connectivity index (χ0) is 44.1. The van der Waals surface area contributed by atoms with Crippen molar-refractivity contribution in [3.05, 3.63) is 228 Å². The normalized spacial score (nSPS) is 25.3. The molecule has 2 bridgehead atoms. The summed E-state index contributed by atoms with van der Waals surface area (Å²) in [7, 11) is 0. The van der Waals surface area contributed by atoms with Crippen LogP contribution in [0.4, 0.5) is 17.1 Å². The van der Waals surface area contributed by atoms with E-state index in [0.717, 1.165) is 17.8 Å². The van der Waals surface area contributed by atoms with E-state index in [1.54, 1.807) is 5.56 Å². The molecule has 6 unspecified atom stereocenters. The molecule has 0 radical (unpaired) electrons. The molecule has 17 rings (SSSR count). The van der Waals surface area contributed by atoms with E-state index in [0.29, 0.717) is 10.8 Å². The Hall–Kier alpha value is -7.07. The molecule has 3 heteroatoms. The van der Waals surface area contributed by atoms with Gasteiger partial charge in [-0.25, -0.2) is 0 Å². The minimum absolute atomic E-state index is 0.380. The first kappa shape index (κ1) is 37.0. The molecule has 4 fully saturated rings. The molecule has 0 N–H and O–H groups in total. The molecule has 0 amide bonds. The van der Waals surface area contributed by atoms with Gasteiger partial charge in [0.25, 0.3) is 0 Å². The van der Waals surface area contributed by atoms with Crippen LogP contribution >= 0.6 is 11.8 Å². The van der Waals surface area contributed by atoms with Gasteiger partial charge in [-0.15, -0.1) is 0 Å². The summed E-state index contributed by atoms with van der Waals surface area (Å²) in [5, 5.41) is 10.4. The Labute approximate surface area is 399 Å². The summed E-state index contributed by atoms with van der Waals surface area (Å²) in [6.07, 6.45) is 7.24. The van der Waals surface area contributed by atoms with Gasteiger partial charge in [0, 0.05) is 37.4 Å². The Morgan fingerprint density at radius 2 is 1.09 bits per heavy atom. The van der Waals surface area contributed by atoms with Gasteiger partial charge in [-0.05, 0) is 164 Å². The van der Waals surface area contributed by atoms with Gasteiger partial charge in [0.1, 0.15) is 0 Å². The van der Waals surface area contributed by atoms with Crippen molar-refractivity contribution in [1.29, 1.82) is 0 Å². The van der Waals surface area contributed by atoms with Gasteiger partial charge in [-0.1, -0.05) is 163 Å². The van der Waals surface area contributed by atoms with Crippen LogP contribution in [0.5, 0.6) is 0 Å². The lowest BCUT2D eigenvalue weighted by Gasteiger charge is -2.73. The summed E-state index contributed by atoms with van der Waals surface area (Å²) in [6.45, 7) is 0. The molecule has 4 saturated carbocycles. The number of aromatic nitrogens is 1. The number of fused-ring (bicyclic) bond motifs is 18. The molecular formula is C65H46N2S. The quantitative estimate of drug-likeness (QED) is 0.163. The van der Waals surface area contributed by atoms with Gasteiger partial charge in [0.2, 0.25) is 0 Å². The maximum Gasteiger partial charge on any atom is 0.0765 e. The average Bonchev–Trinajstić information content (AvgIpc) is 4.03. The SMILES string of the molecule is c1ccc2c(c1)Sc1c(N(c3ccc(C45CC6CC7CC(C4)C75C6)cc3)c3ccc4c5ccccc5c5ccccc5c4c3)cccc1C21c2ccccc2-n2c3ccccc3c3cccc1c32. The summed E-state index contributed by atoms with van der Waals surface area (Å²) >= 11 is 1.95. The lowest BCUT2D eigenvalue weighted by molar-refractivity contribution is -0.198. The average molecular weight is 887 g/mol. The van der Waals surface area contributed by atoms with Crippen LogP contribution in [0, 0.1) is 23.2 Å². The third-order valence-corrected chi connectivity index (χ3v) is 20.1. The van der Waals surface area contributed by atoms with Crippen LogP contribution < -0.4 is 4.90 Å². The number of para-hydroxylation sites is 3. The lowest BCUT2D eigenvalue weighted by atomic mass is 9.31. The van der Waals surface area contributed by atoms with E-state index in [1.165, 1.54) is 141 Å². The Morgan fingerprint density at radius 1 is 0.456 bits per heavy atom. The predicted molar refractivity (Wildman–Crippen MR) is 282 cm³/mol. The summed E-state index contributed by atoms with van der Waals surface area (Å²) in [5.74, 6) is 2.84. The number of hydrogen-bond acceptors (Lipinski definition) is 2. The largest absolute Gasteiger partial charge is 0.309 e. The van der Waals surface area contributed by atoms with Gasteiger partial charge in [0.05, 0.1) is 27.8 Å². The van der Waals surface area contributed by atoms with Crippen molar-refractivity contribution in [1.82, 2.24) is 4.57 Å². The lowest BCUT2D eigenvalue weighted by Crippen LogP contribution is -2.68. The molecule has 322 valence electrons. The summed E-state index contributed by atoms with van der Waals surface area (Å²) in [5.41, 5.74) is 14.8. The van der Waals surface area contributed by atoms with Gasteiger partial charge in [0.15, 0.2) is 0 Å². The molecule has 2 spiro atoms. The van der Waals surface area contributed by atoms with Crippen LogP contribution in [-0.2, 0) is 10.8 Å². The van der Waals surface area contributed by atoms with Crippen molar-refractivity contribution < 1.29 is 0 Å². The van der Waals surface area contributed by atoms with Crippen LogP contribution in [-0.4, -0.2) is 4.57 Å². The van der Waals surface area contributed by atoms with E-state index < -0.39 is 5.41 Å². The number of anilines is 3. The molecule has 4 aliphatic carbocycles. The Kier molecular flexibility index (Phi) is 6.91. The van der Waals surface area contributed by atoms with Crippen LogP contribution in [0.3, 0.4) is 0 Å². The first-order chi connectivity index (χ1) is 33.7. The summed E-state index contributed by atoms with van der Waals surface area (Å²) < 4.78 is 2.55. The molecule has 68 heavy (non-hydrogen) atoms. The fraction of sp³-hybridized carbons (Fsp3) is 0.169. The smallest absolute Gasteiger partial charge is 0.0765 e. The topological polar surface area (TPSA) is 8.17 Å². The molecule has 1 aromatic heterocycles. The fourth-order valence-corrected chi connectivity index (χ4v) is 17.9. The van der Waals surface area contributed by atoms with E-state index >= 15 is 0 Å².